The summed E-state index contributed by atoms with van der Waals surface area (Å²) in [7, 11) is 4.28. The molecule has 0 aliphatic carbocycles. The van der Waals surface area contributed by atoms with Gasteiger partial charge < -0.3 is 9.80 Å². The van der Waals surface area contributed by atoms with Gasteiger partial charge in [0, 0.05) is 45.0 Å². The van der Waals surface area contributed by atoms with Crippen LogP contribution >= 0.6 is 0 Å². The van der Waals surface area contributed by atoms with Crippen molar-refractivity contribution in [3.8, 4) is 0 Å². The highest BCUT2D eigenvalue weighted by Gasteiger charge is 2.17. The topological polar surface area (TPSA) is 9.72 Å². The molecule has 1 radical (unpaired) electrons. The highest BCUT2D eigenvalue weighted by Crippen LogP contribution is 2.20. The van der Waals surface area contributed by atoms with Crippen LogP contribution in [0.2, 0.25) is 0 Å². The highest BCUT2D eigenvalue weighted by molar-refractivity contribution is 5.53. The fourth-order valence-electron chi connectivity index (χ4n) is 2.41. The second-order valence-corrected chi connectivity index (χ2v) is 5.34. The van der Waals surface area contributed by atoms with E-state index in [0.29, 0.717) is 0 Å². The largest absolute Gasteiger partial charge is 0.369 e. The van der Waals surface area contributed by atoms with Crippen LogP contribution in [0.15, 0.2) is 18.2 Å². The molecule has 18 heavy (non-hydrogen) atoms. The van der Waals surface area contributed by atoms with Gasteiger partial charge in [0.2, 0.25) is 0 Å². The van der Waals surface area contributed by atoms with Gasteiger partial charge in [0.05, 0.1) is 0 Å². The molecule has 1 saturated heterocycles. The molecule has 1 heterocycles. The van der Waals surface area contributed by atoms with Crippen molar-refractivity contribution >= 4 is 5.69 Å². The average molecular weight is 246 g/mol. The number of likely N-dealkylation sites (N-methyl/N-ethyl adjacent to an activating group) is 1. The molecule has 3 heteroatoms. The Bertz CT molecular complexity index is 368. The van der Waals surface area contributed by atoms with Crippen LogP contribution in [0.4, 0.5) is 5.69 Å². The minimum atomic E-state index is 1.14. The summed E-state index contributed by atoms with van der Waals surface area (Å²) in [6.45, 7) is 9.13. The molecule has 1 fully saturated rings. The van der Waals surface area contributed by atoms with Gasteiger partial charge in [-0.1, -0.05) is 6.07 Å². The maximum atomic E-state index is 3.14. The third-order valence-electron chi connectivity index (χ3n) is 3.62. The SMILES string of the molecule is Cc1c[c]ccc1N1CCN(CCN(C)C)CC1. The van der Waals surface area contributed by atoms with E-state index >= 15 is 0 Å². The highest BCUT2D eigenvalue weighted by atomic mass is 15.3. The Labute approximate surface area is 111 Å². The summed E-state index contributed by atoms with van der Waals surface area (Å²) in [5, 5.41) is 0. The second-order valence-electron chi connectivity index (χ2n) is 5.34. The van der Waals surface area contributed by atoms with E-state index in [-0.39, 0.29) is 0 Å². The van der Waals surface area contributed by atoms with Crippen LogP contribution in [0.3, 0.4) is 0 Å². The van der Waals surface area contributed by atoms with Crippen molar-refractivity contribution in [2.75, 3.05) is 58.3 Å². The Kier molecular flexibility index (Phi) is 4.61. The first kappa shape index (κ1) is 13.4. The molecule has 0 saturated carbocycles. The fraction of sp³-hybridized carbons (Fsp3) is 0.600. The summed E-state index contributed by atoms with van der Waals surface area (Å²) in [6, 6.07) is 9.42. The Morgan fingerprint density at radius 2 is 1.94 bits per heavy atom. The minimum absolute atomic E-state index is 1.14. The molecule has 1 aliphatic rings. The number of rotatable bonds is 4. The third kappa shape index (κ3) is 3.47. The summed E-state index contributed by atoms with van der Waals surface area (Å²) in [6.07, 6.45) is 0. The first-order valence-electron chi connectivity index (χ1n) is 6.75. The van der Waals surface area contributed by atoms with Crippen molar-refractivity contribution in [2.24, 2.45) is 0 Å². The lowest BCUT2D eigenvalue weighted by Crippen LogP contribution is -2.48. The molecular weight excluding hydrogens is 222 g/mol. The molecule has 0 aromatic heterocycles. The van der Waals surface area contributed by atoms with Gasteiger partial charge in [-0.2, -0.15) is 0 Å². The van der Waals surface area contributed by atoms with Gasteiger partial charge >= 0.3 is 0 Å². The molecule has 99 valence electrons. The van der Waals surface area contributed by atoms with Crippen molar-refractivity contribution in [3.05, 3.63) is 29.8 Å². The van der Waals surface area contributed by atoms with Crippen LogP contribution in [0.1, 0.15) is 5.56 Å². The monoisotopic (exact) mass is 246 g/mol. The van der Waals surface area contributed by atoms with Gasteiger partial charge in [-0.25, -0.2) is 0 Å². The summed E-state index contributed by atoms with van der Waals surface area (Å²) < 4.78 is 0. The first-order valence-corrected chi connectivity index (χ1v) is 6.75. The predicted molar refractivity (Wildman–Crippen MR) is 77.2 cm³/mol. The Morgan fingerprint density at radius 1 is 1.22 bits per heavy atom. The summed E-state index contributed by atoms with van der Waals surface area (Å²) in [5.74, 6) is 0. The number of hydrogen-bond acceptors (Lipinski definition) is 3. The number of aryl methyl sites for hydroxylation is 1. The van der Waals surface area contributed by atoms with E-state index in [1.807, 2.05) is 6.07 Å². The van der Waals surface area contributed by atoms with Gasteiger partial charge in [-0.3, -0.25) is 4.90 Å². The Hall–Kier alpha value is -1.06. The Morgan fingerprint density at radius 3 is 2.56 bits per heavy atom. The minimum Gasteiger partial charge on any atom is -0.369 e. The zero-order valence-corrected chi connectivity index (χ0v) is 11.8. The molecule has 0 unspecified atom stereocenters. The van der Waals surface area contributed by atoms with Crippen molar-refractivity contribution < 1.29 is 0 Å². The molecule has 1 aromatic rings. The summed E-state index contributed by atoms with van der Waals surface area (Å²) in [5.41, 5.74) is 2.71. The van der Waals surface area contributed by atoms with Crippen LogP contribution in [0.5, 0.6) is 0 Å². The van der Waals surface area contributed by atoms with E-state index in [2.05, 4.69) is 53.9 Å². The fourth-order valence-corrected chi connectivity index (χ4v) is 2.41. The zero-order chi connectivity index (χ0) is 13.0. The standard InChI is InChI=1S/C15H24N3/c1-14-6-4-5-7-15(14)18-12-10-17(11-13-18)9-8-16(2)3/h5-7H,8-13H2,1-3H3. The van der Waals surface area contributed by atoms with Crippen LogP contribution in [0.25, 0.3) is 0 Å². The van der Waals surface area contributed by atoms with Gasteiger partial charge in [-0.05, 0) is 44.8 Å². The molecule has 0 atom stereocenters. The van der Waals surface area contributed by atoms with Crippen molar-refractivity contribution in [1.82, 2.24) is 9.80 Å². The molecule has 1 aromatic carbocycles. The van der Waals surface area contributed by atoms with E-state index in [1.165, 1.54) is 30.9 Å². The molecule has 0 bridgehead atoms. The van der Waals surface area contributed by atoms with Crippen molar-refractivity contribution in [3.63, 3.8) is 0 Å². The number of hydrogen-bond donors (Lipinski definition) is 0. The van der Waals surface area contributed by atoms with E-state index in [0.717, 1.165) is 19.6 Å². The average Bonchev–Trinajstić information content (AvgIpc) is 2.38. The number of piperazine rings is 1. The zero-order valence-electron chi connectivity index (χ0n) is 11.8. The summed E-state index contributed by atoms with van der Waals surface area (Å²) in [4.78, 5) is 7.31. The van der Waals surface area contributed by atoms with E-state index in [4.69, 9.17) is 0 Å². The van der Waals surface area contributed by atoms with Crippen molar-refractivity contribution in [1.29, 1.82) is 0 Å². The van der Waals surface area contributed by atoms with Gasteiger partial charge in [0.15, 0.2) is 0 Å². The van der Waals surface area contributed by atoms with Gasteiger partial charge in [0.1, 0.15) is 0 Å². The molecule has 0 spiro atoms. The number of nitrogens with zero attached hydrogens (tertiary/aromatic N) is 3. The number of benzene rings is 1. The first-order chi connectivity index (χ1) is 8.66. The second kappa shape index (κ2) is 6.21. The molecular formula is C15H24N3. The lowest BCUT2D eigenvalue weighted by atomic mass is 10.1. The maximum absolute atomic E-state index is 3.14. The van der Waals surface area contributed by atoms with Crippen molar-refractivity contribution in [2.45, 2.75) is 6.92 Å². The molecule has 3 nitrogen and oxygen atoms in total. The van der Waals surface area contributed by atoms with E-state index in [9.17, 15) is 0 Å². The van der Waals surface area contributed by atoms with E-state index < -0.39 is 0 Å². The third-order valence-corrected chi connectivity index (χ3v) is 3.62. The summed E-state index contributed by atoms with van der Waals surface area (Å²) >= 11 is 0. The predicted octanol–water partition coefficient (Wildman–Crippen LogP) is 1.48. The molecule has 0 amide bonds. The molecule has 2 rings (SSSR count). The smallest absolute Gasteiger partial charge is 0.0397 e. The van der Waals surface area contributed by atoms with E-state index in [1.54, 1.807) is 0 Å². The lowest BCUT2D eigenvalue weighted by molar-refractivity contribution is 0.229. The van der Waals surface area contributed by atoms with Crippen LogP contribution in [-0.2, 0) is 0 Å². The Balaban J connectivity index is 1.85. The van der Waals surface area contributed by atoms with Crippen LogP contribution in [-0.4, -0.2) is 63.2 Å². The normalized spacial score (nSPS) is 17.4. The quantitative estimate of drug-likeness (QED) is 0.797. The van der Waals surface area contributed by atoms with Crippen LogP contribution < -0.4 is 4.90 Å². The molecule has 0 N–H and O–H groups in total. The number of anilines is 1. The lowest BCUT2D eigenvalue weighted by Gasteiger charge is -2.37. The van der Waals surface area contributed by atoms with Crippen LogP contribution in [0, 0.1) is 13.0 Å². The van der Waals surface area contributed by atoms with Gasteiger partial charge in [0.25, 0.3) is 0 Å². The van der Waals surface area contributed by atoms with Gasteiger partial charge in [-0.15, -0.1) is 0 Å². The maximum Gasteiger partial charge on any atom is 0.0397 e. The molecule has 1 aliphatic heterocycles.